The Kier molecular flexibility index (Phi) is 6.34. The van der Waals surface area contributed by atoms with E-state index < -0.39 is 6.04 Å². The predicted octanol–water partition coefficient (Wildman–Crippen LogP) is 8.01. The Labute approximate surface area is 220 Å². The second-order valence-electron chi connectivity index (χ2n) is 9.71. The van der Waals surface area contributed by atoms with Crippen LogP contribution in [0.4, 0.5) is 17.1 Å². The van der Waals surface area contributed by atoms with Crippen molar-refractivity contribution in [3.8, 4) is 0 Å². The maximum absolute atomic E-state index is 13.8. The van der Waals surface area contributed by atoms with Gasteiger partial charge in [0.15, 0.2) is 10.9 Å². The average molecular weight is 523 g/mol. The number of fused-ring (bicyclic) bond motifs is 1. The number of hydrogen-bond donors (Lipinski definition) is 2. The van der Waals surface area contributed by atoms with Crippen molar-refractivity contribution >= 4 is 63.4 Å². The van der Waals surface area contributed by atoms with Crippen LogP contribution in [0.1, 0.15) is 38.3 Å². The SMILES string of the molecule is CC1(C)CC(=O)C2=C(C1)Nc1ccccc1N(C(=S)Nc1ccccc1)[C@H]2c1ccc(Cl)cc1Cl. The van der Waals surface area contributed by atoms with Crippen LogP contribution < -0.4 is 15.5 Å². The molecule has 7 heteroatoms. The van der Waals surface area contributed by atoms with Gasteiger partial charge in [-0.3, -0.25) is 4.79 Å². The van der Waals surface area contributed by atoms with Gasteiger partial charge in [0.05, 0.1) is 17.4 Å². The number of hydrogen-bond acceptors (Lipinski definition) is 3. The standard InChI is InChI=1S/C28H25Cl2N3OS/c1-28(2)15-22-25(24(34)16-28)26(19-13-12-17(29)14-20(19)30)33(23-11-7-6-10-21(23)32-22)27(35)31-18-8-4-3-5-9-18/h3-14,26,32H,15-16H2,1-2H3,(H,31,35)/t26-/m0/s1. The van der Waals surface area contributed by atoms with Gasteiger partial charge < -0.3 is 15.5 Å². The van der Waals surface area contributed by atoms with Gasteiger partial charge in [-0.2, -0.15) is 0 Å². The molecule has 0 radical (unpaired) electrons. The van der Waals surface area contributed by atoms with Gasteiger partial charge in [0.2, 0.25) is 0 Å². The number of benzene rings is 3. The summed E-state index contributed by atoms with van der Waals surface area (Å²) >= 11 is 19.0. The zero-order valence-electron chi connectivity index (χ0n) is 19.4. The monoisotopic (exact) mass is 521 g/mol. The molecule has 0 saturated carbocycles. The number of nitrogens with zero attached hydrogens (tertiary/aromatic N) is 1. The van der Waals surface area contributed by atoms with Crippen LogP contribution in [-0.4, -0.2) is 10.9 Å². The molecule has 0 fully saturated rings. The zero-order valence-corrected chi connectivity index (χ0v) is 21.8. The minimum atomic E-state index is -0.529. The third-order valence-electron chi connectivity index (χ3n) is 6.40. The lowest BCUT2D eigenvalue weighted by molar-refractivity contribution is -0.118. The fourth-order valence-corrected chi connectivity index (χ4v) is 5.77. The van der Waals surface area contributed by atoms with Gasteiger partial charge in [0, 0.05) is 33.4 Å². The first-order valence-corrected chi connectivity index (χ1v) is 12.6. The number of halogens is 2. The van der Waals surface area contributed by atoms with Gasteiger partial charge in [0.25, 0.3) is 0 Å². The van der Waals surface area contributed by atoms with Crippen LogP contribution >= 0.6 is 35.4 Å². The molecule has 0 amide bonds. The first-order valence-electron chi connectivity index (χ1n) is 11.5. The van der Waals surface area contributed by atoms with Crippen molar-refractivity contribution in [2.75, 3.05) is 15.5 Å². The molecule has 1 heterocycles. The van der Waals surface area contributed by atoms with E-state index in [1.54, 1.807) is 12.1 Å². The lowest BCUT2D eigenvalue weighted by Crippen LogP contribution is -2.41. The van der Waals surface area contributed by atoms with E-state index in [0.29, 0.717) is 27.2 Å². The van der Waals surface area contributed by atoms with E-state index in [2.05, 4.69) is 24.5 Å². The Morgan fingerprint density at radius 3 is 2.49 bits per heavy atom. The molecule has 35 heavy (non-hydrogen) atoms. The topological polar surface area (TPSA) is 44.4 Å². The number of rotatable bonds is 2. The molecular formula is C28H25Cl2N3OS. The molecular weight excluding hydrogens is 497 g/mol. The third-order valence-corrected chi connectivity index (χ3v) is 7.26. The Morgan fingerprint density at radius 2 is 1.74 bits per heavy atom. The van der Waals surface area contributed by atoms with Gasteiger partial charge in [0.1, 0.15) is 0 Å². The summed E-state index contributed by atoms with van der Waals surface area (Å²) in [6.07, 6.45) is 1.18. The van der Waals surface area contributed by atoms with E-state index in [1.807, 2.05) is 65.6 Å². The Morgan fingerprint density at radius 1 is 1.03 bits per heavy atom. The van der Waals surface area contributed by atoms with Gasteiger partial charge in [-0.25, -0.2) is 0 Å². The van der Waals surface area contributed by atoms with Crippen molar-refractivity contribution in [1.82, 2.24) is 0 Å². The molecule has 4 nitrogen and oxygen atoms in total. The quantitative estimate of drug-likeness (QED) is 0.334. The van der Waals surface area contributed by atoms with Gasteiger partial charge in [-0.1, -0.05) is 73.4 Å². The maximum atomic E-state index is 13.8. The molecule has 0 bridgehead atoms. The normalized spacial score (nSPS) is 18.8. The Hall–Kier alpha value is -2.86. The van der Waals surface area contributed by atoms with Crippen LogP contribution in [0.25, 0.3) is 0 Å². The minimum absolute atomic E-state index is 0.0834. The Bertz CT molecular complexity index is 1350. The molecule has 1 aliphatic heterocycles. The van der Waals surface area contributed by atoms with Crippen molar-refractivity contribution in [1.29, 1.82) is 0 Å². The van der Waals surface area contributed by atoms with E-state index in [-0.39, 0.29) is 11.2 Å². The van der Waals surface area contributed by atoms with Crippen molar-refractivity contribution in [2.24, 2.45) is 5.41 Å². The van der Waals surface area contributed by atoms with Gasteiger partial charge >= 0.3 is 0 Å². The summed E-state index contributed by atoms with van der Waals surface area (Å²) in [7, 11) is 0. The summed E-state index contributed by atoms with van der Waals surface area (Å²) in [5.41, 5.74) is 4.80. The summed E-state index contributed by atoms with van der Waals surface area (Å²) in [5.74, 6) is 0.0834. The molecule has 1 aliphatic carbocycles. The van der Waals surface area contributed by atoms with Crippen LogP contribution in [0.15, 0.2) is 84.1 Å². The fraction of sp³-hybridized carbons (Fsp3) is 0.214. The lowest BCUT2D eigenvalue weighted by atomic mass is 9.73. The van der Waals surface area contributed by atoms with Crippen molar-refractivity contribution in [3.63, 3.8) is 0 Å². The highest BCUT2D eigenvalue weighted by molar-refractivity contribution is 7.80. The van der Waals surface area contributed by atoms with Crippen LogP contribution in [0, 0.1) is 5.41 Å². The van der Waals surface area contributed by atoms with Crippen LogP contribution in [0.3, 0.4) is 0 Å². The van der Waals surface area contributed by atoms with Gasteiger partial charge in [-0.05, 0) is 66.0 Å². The van der Waals surface area contributed by atoms with Crippen molar-refractivity contribution < 1.29 is 4.79 Å². The highest BCUT2D eigenvalue weighted by atomic mass is 35.5. The second-order valence-corrected chi connectivity index (χ2v) is 10.9. The first-order chi connectivity index (χ1) is 16.7. The smallest absolute Gasteiger partial charge is 0.178 e. The number of nitrogens with one attached hydrogen (secondary N) is 2. The highest BCUT2D eigenvalue weighted by Gasteiger charge is 2.43. The molecule has 0 spiro atoms. The Balaban J connectivity index is 1.75. The summed E-state index contributed by atoms with van der Waals surface area (Å²) < 4.78 is 0. The number of para-hydroxylation sites is 3. The molecule has 0 saturated heterocycles. The largest absolute Gasteiger partial charge is 0.357 e. The lowest BCUT2D eigenvalue weighted by Gasteiger charge is -2.38. The highest BCUT2D eigenvalue weighted by Crippen LogP contribution is 2.49. The predicted molar refractivity (Wildman–Crippen MR) is 149 cm³/mol. The number of anilines is 3. The third kappa shape index (κ3) is 4.68. The maximum Gasteiger partial charge on any atom is 0.178 e. The molecule has 1 atom stereocenters. The molecule has 178 valence electrons. The molecule has 3 aromatic carbocycles. The number of Topliss-reactive ketones (excluding diaryl/α,β-unsaturated/α-hetero) is 1. The zero-order chi connectivity index (χ0) is 24.7. The van der Waals surface area contributed by atoms with E-state index in [9.17, 15) is 4.79 Å². The van der Waals surface area contributed by atoms with E-state index >= 15 is 0 Å². The first kappa shape index (κ1) is 23.9. The van der Waals surface area contributed by atoms with Crippen LogP contribution in [-0.2, 0) is 4.79 Å². The number of carbonyl (C=O) groups excluding carboxylic acids is 1. The van der Waals surface area contributed by atoms with E-state index in [0.717, 1.165) is 34.7 Å². The minimum Gasteiger partial charge on any atom is -0.357 e. The number of ketones is 1. The number of carbonyl (C=O) groups is 1. The number of thiocarbonyl (C=S) groups is 1. The van der Waals surface area contributed by atoms with E-state index in [1.165, 1.54) is 0 Å². The van der Waals surface area contributed by atoms with Gasteiger partial charge in [-0.15, -0.1) is 0 Å². The van der Waals surface area contributed by atoms with Crippen LogP contribution in [0.2, 0.25) is 10.0 Å². The molecule has 5 rings (SSSR count). The second kappa shape index (κ2) is 9.30. The summed E-state index contributed by atoms with van der Waals surface area (Å²) in [6.45, 7) is 4.24. The van der Waals surface area contributed by atoms with E-state index in [4.69, 9.17) is 35.4 Å². The van der Waals surface area contributed by atoms with Crippen LogP contribution in [0.5, 0.6) is 0 Å². The van der Waals surface area contributed by atoms with Crippen molar-refractivity contribution in [2.45, 2.75) is 32.7 Å². The van der Waals surface area contributed by atoms with Crippen molar-refractivity contribution in [3.05, 3.63) is 99.7 Å². The summed E-state index contributed by atoms with van der Waals surface area (Å²) in [4.78, 5) is 15.8. The number of allylic oxidation sites excluding steroid dienone is 1. The molecule has 2 N–H and O–H groups in total. The molecule has 0 unspecified atom stereocenters. The summed E-state index contributed by atoms with van der Waals surface area (Å²) in [5, 5.41) is 8.44. The molecule has 3 aromatic rings. The summed E-state index contributed by atoms with van der Waals surface area (Å²) in [6, 6.07) is 22.6. The fourth-order valence-electron chi connectivity index (χ4n) is 4.93. The molecule has 0 aromatic heterocycles. The molecule has 2 aliphatic rings. The average Bonchev–Trinajstić information content (AvgIpc) is 2.93.